The molecule has 0 aliphatic rings. The third kappa shape index (κ3) is 6.13. The Balaban J connectivity index is 1.91. The molecule has 8 heteroatoms. The van der Waals surface area contributed by atoms with Gasteiger partial charge in [-0.15, -0.1) is 11.8 Å². The van der Waals surface area contributed by atoms with Crippen molar-refractivity contribution < 1.29 is 19.1 Å². The van der Waals surface area contributed by atoms with Gasteiger partial charge >= 0.3 is 5.97 Å². The molecule has 0 saturated carbocycles. The lowest BCUT2D eigenvalue weighted by Gasteiger charge is -2.10. The molecule has 0 spiro atoms. The summed E-state index contributed by atoms with van der Waals surface area (Å²) < 4.78 is 4.97. The van der Waals surface area contributed by atoms with Crippen molar-refractivity contribution >= 4 is 46.8 Å². The molecule has 0 bridgehead atoms. The molecule has 2 amide bonds. The van der Waals surface area contributed by atoms with E-state index in [0.717, 1.165) is 0 Å². The Hall–Kier alpha value is -2.51. The summed E-state index contributed by atoms with van der Waals surface area (Å²) in [4.78, 5) is 35.4. The summed E-state index contributed by atoms with van der Waals surface area (Å²) >= 11 is 6.96. The zero-order chi connectivity index (χ0) is 18.2. The van der Waals surface area contributed by atoms with Gasteiger partial charge in [-0.1, -0.05) is 23.7 Å². The monoisotopic (exact) mass is 378 g/mol. The smallest absolute Gasteiger partial charge is 0.338 e. The maximum atomic E-state index is 12.0. The fraction of sp³-hybridized carbons (Fsp3) is 0.118. The van der Waals surface area contributed by atoms with E-state index in [1.807, 2.05) is 0 Å². The third-order valence-corrected chi connectivity index (χ3v) is 4.29. The van der Waals surface area contributed by atoms with Crippen LogP contribution in [0.4, 0.5) is 5.69 Å². The first-order valence-electron chi connectivity index (χ1n) is 7.18. The second-order valence-electron chi connectivity index (χ2n) is 4.88. The van der Waals surface area contributed by atoms with Gasteiger partial charge in [-0.3, -0.25) is 9.59 Å². The van der Waals surface area contributed by atoms with Crippen molar-refractivity contribution in [1.29, 1.82) is 0 Å². The number of para-hydroxylation sites is 1. The topological polar surface area (TPSA) is 98.5 Å². The zero-order valence-corrected chi connectivity index (χ0v) is 14.6. The van der Waals surface area contributed by atoms with Crippen molar-refractivity contribution in [2.24, 2.45) is 5.73 Å². The molecule has 130 valence electrons. The van der Waals surface area contributed by atoms with Crippen molar-refractivity contribution in [1.82, 2.24) is 0 Å². The second kappa shape index (κ2) is 9.10. The molecule has 0 aromatic heterocycles. The van der Waals surface area contributed by atoms with E-state index in [0.29, 0.717) is 21.2 Å². The van der Waals surface area contributed by atoms with Crippen LogP contribution in [-0.4, -0.2) is 30.1 Å². The van der Waals surface area contributed by atoms with Gasteiger partial charge in [0.05, 0.1) is 17.0 Å². The SMILES string of the molecule is NC(=O)CSc1ccccc1NC(=O)COC(=O)c1ccc(Cl)cc1. The number of benzene rings is 2. The Morgan fingerprint density at radius 2 is 1.76 bits per heavy atom. The second-order valence-corrected chi connectivity index (χ2v) is 6.34. The number of hydrogen-bond donors (Lipinski definition) is 2. The van der Waals surface area contributed by atoms with Gasteiger partial charge in [0, 0.05) is 9.92 Å². The van der Waals surface area contributed by atoms with Gasteiger partial charge in [-0.05, 0) is 36.4 Å². The molecule has 2 rings (SSSR count). The van der Waals surface area contributed by atoms with Gasteiger partial charge in [0.2, 0.25) is 5.91 Å². The highest BCUT2D eigenvalue weighted by atomic mass is 35.5. The largest absolute Gasteiger partial charge is 0.452 e. The number of carbonyl (C=O) groups is 3. The predicted octanol–water partition coefficient (Wildman–Crippen LogP) is 2.71. The van der Waals surface area contributed by atoms with Crippen LogP contribution in [0.3, 0.4) is 0 Å². The predicted molar refractivity (Wildman–Crippen MR) is 96.7 cm³/mol. The third-order valence-electron chi connectivity index (χ3n) is 2.95. The molecule has 2 aromatic carbocycles. The Bertz CT molecular complexity index is 780. The summed E-state index contributed by atoms with van der Waals surface area (Å²) in [7, 11) is 0. The van der Waals surface area contributed by atoms with Gasteiger partial charge in [0.25, 0.3) is 5.91 Å². The van der Waals surface area contributed by atoms with Crippen LogP contribution in [0, 0.1) is 0 Å². The summed E-state index contributed by atoms with van der Waals surface area (Å²) in [6.45, 7) is -0.434. The van der Waals surface area contributed by atoms with Gasteiger partial charge in [0.1, 0.15) is 0 Å². The summed E-state index contributed by atoms with van der Waals surface area (Å²) in [6, 6.07) is 13.1. The molecule has 0 fully saturated rings. The van der Waals surface area contributed by atoms with E-state index in [1.54, 1.807) is 36.4 Å². The van der Waals surface area contributed by atoms with Crippen molar-refractivity contribution in [3.63, 3.8) is 0 Å². The number of amides is 2. The Kier molecular flexibility index (Phi) is 6.85. The standard InChI is InChI=1S/C17H15ClN2O4S/c18-12-7-5-11(6-8-12)17(23)24-9-16(22)20-13-3-1-2-4-14(13)25-10-15(19)21/h1-8H,9-10H2,(H2,19,21)(H,20,22). The first-order valence-corrected chi connectivity index (χ1v) is 8.55. The maximum absolute atomic E-state index is 12.0. The van der Waals surface area contributed by atoms with Gasteiger partial charge in [0.15, 0.2) is 6.61 Å². The number of hydrogen-bond acceptors (Lipinski definition) is 5. The molecule has 25 heavy (non-hydrogen) atoms. The lowest BCUT2D eigenvalue weighted by Crippen LogP contribution is -2.21. The van der Waals surface area contributed by atoms with Crippen LogP contribution in [0.5, 0.6) is 0 Å². The molecule has 0 unspecified atom stereocenters. The number of esters is 1. The van der Waals surface area contributed by atoms with Crippen molar-refractivity contribution in [3.05, 3.63) is 59.1 Å². The van der Waals surface area contributed by atoms with E-state index in [9.17, 15) is 14.4 Å². The first kappa shape index (κ1) is 18.8. The normalized spacial score (nSPS) is 10.1. The minimum absolute atomic E-state index is 0.0957. The van der Waals surface area contributed by atoms with Crippen LogP contribution in [0.15, 0.2) is 53.4 Å². The van der Waals surface area contributed by atoms with Gasteiger partial charge in [-0.2, -0.15) is 0 Å². The number of anilines is 1. The number of rotatable bonds is 7. The fourth-order valence-electron chi connectivity index (χ4n) is 1.83. The number of primary amides is 1. The van der Waals surface area contributed by atoms with Gasteiger partial charge < -0.3 is 15.8 Å². The number of nitrogens with two attached hydrogens (primary N) is 1. The van der Waals surface area contributed by atoms with Crippen LogP contribution < -0.4 is 11.1 Å². The molecule has 6 nitrogen and oxygen atoms in total. The summed E-state index contributed by atoms with van der Waals surface area (Å²) in [5.41, 5.74) is 5.94. The van der Waals surface area contributed by atoms with Crippen LogP contribution in [0.25, 0.3) is 0 Å². The van der Waals surface area contributed by atoms with E-state index in [4.69, 9.17) is 22.1 Å². The molecule has 2 aromatic rings. The van der Waals surface area contributed by atoms with E-state index < -0.39 is 24.4 Å². The molecule has 0 aliphatic carbocycles. The van der Waals surface area contributed by atoms with Crippen molar-refractivity contribution in [3.8, 4) is 0 Å². The van der Waals surface area contributed by atoms with Crippen LogP contribution in [0.2, 0.25) is 5.02 Å². The Morgan fingerprint density at radius 3 is 2.44 bits per heavy atom. The Morgan fingerprint density at radius 1 is 1.08 bits per heavy atom. The lowest BCUT2D eigenvalue weighted by molar-refractivity contribution is -0.119. The summed E-state index contributed by atoms with van der Waals surface area (Å²) in [5.74, 6) is -1.47. The number of halogens is 1. The molecule has 0 radical (unpaired) electrons. The minimum Gasteiger partial charge on any atom is -0.452 e. The highest BCUT2D eigenvalue weighted by Crippen LogP contribution is 2.26. The number of thioether (sulfide) groups is 1. The molecular weight excluding hydrogens is 364 g/mol. The zero-order valence-electron chi connectivity index (χ0n) is 13.0. The van der Waals surface area contributed by atoms with Crippen LogP contribution in [-0.2, 0) is 14.3 Å². The fourth-order valence-corrected chi connectivity index (χ4v) is 2.70. The maximum Gasteiger partial charge on any atom is 0.338 e. The number of nitrogens with one attached hydrogen (secondary N) is 1. The van der Waals surface area contributed by atoms with Crippen molar-refractivity contribution in [2.45, 2.75) is 4.90 Å². The van der Waals surface area contributed by atoms with E-state index in [2.05, 4.69) is 5.32 Å². The molecular formula is C17H15ClN2O4S. The summed E-state index contributed by atoms with van der Waals surface area (Å²) in [5, 5.41) is 3.14. The highest BCUT2D eigenvalue weighted by molar-refractivity contribution is 8.00. The molecule has 0 atom stereocenters. The molecule has 0 saturated heterocycles. The van der Waals surface area contributed by atoms with E-state index in [1.165, 1.54) is 23.9 Å². The van der Waals surface area contributed by atoms with Crippen molar-refractivity contribution in [2.75, 3.05) is 17.7 Å². The number of carbonyl (C=O) groups excluding carboxylic acids is 3. The summed E-state index contributed by atoms with van der Waals surface area (Å²) in [6.07, 6.45) is 0. The average Bonchev–Trinajstić information content (AvgIpc) is 2.59. The first-order chi connectivity index (χ1) is 12.0. The average molecular weight is 379 g/mol. The molecule has 0 aliphatic heterocycles. The molecule has 3 N–H and O–H groups in total. The lowest BCUT2D eigenvalue weighted by atomic mass is 10.2. The quantitative estimate of drug-likeness (QED) is 0.570. The van der Waals surface area contributed by atoms with E-state index >= 15 is 0 Å². The molecule has 0 heterocycles. The number of ether oxygens (including phenoxy) is 1. The highest BCUT2D eigenvalue weighted by Gasteiger charge is 2.12. The van der Waals surface area contributed by atoms with E-state index in [-0.39, 0.29) is 5.75 Å². The van der Waals surface area contributed by atoms with Crippen LogP contribution >= 0.6 is 23.4 Å². The van der Waals surface area contributed by atoms with Crippen LogP contribution in [0.1, 0.15) is 10.4 Å². The Labute approximate surface area is 153 Å². The van der Waals surface area contributed by atoms with Gasteiger partial charge in [-0.25, -0.2) is 4.79 Å². The minimum atomic E-state index is -0.622.